The number of ether oxygens (including phenoxy) is 1. The van der Waals surface area contributed by atoms with Crippen LogP contribution in [0.4, 0.5) is 0 Å². The fourth-order valence-electron chi connectivity index (χ4n) is 2.77. The predicted octanol–water partition coefficient (Wildman–Crippen LogP) is 4.64. The zero-order valence-corrected chi connectivity index (χ0v) is 15.5. The van der Waals surface area contributed by atoms with Crippen LogP contribution in [0.2, 0.25) is 0 Å². The Balaban J connectivity index is 1.79. The molecule has 0 radical (unpaired) electrons. The van der Waals surface area contributed by atoms with Crippen molar-refractivity contribution >= 4 is 33.2 Å². The van der Waals surface area contributed by atoms with Gasteiger partial charge < -0.3 is 9.64 Å². The molecule has 1 aliphatic heterocycles. The van der Waals surface area contributed by atoms with Crippen molar-refractivity contribution in [3.05, 3.63) is 56.2 Å². The standard InChI is InChI=1S/C18H20BrNO2S/c1-13-8-10-23-17(13)12-20(11-16-3-2-9-22-16)18(21)14-4-6-15(19)7-5-14/h4-8,10,16H,2-3,9,11-12H2,1H3/t16-/m1/s1. The summed E-state index contributed by atoms with van der Waals surface area (Å²) in [6, 6.07) is 9.67. The molecule has 1 saturated heterocycles. The Labute approximate surface area is 149 Å². The molecule has 23 heavy (non-hydrogen) atoms. The van der Waals surface area contributed by atoms with Gasteiger partial charge >= 0.3 is 0 Å². The Morgan fingerprint density at radius 1 is 1.35 bits per heavy atom. The first-order valence-electron chi connectivity index (χ1n) is 7.83. The van der Waals surface area contributed by atoms with Crippen LogP contribution in [0.25, 0.3) is 0 Å². The van der Waals surface area contributed by atoms with Gasteiger partial charge in [0.05, 0.1) is 12.6 Å². The molecule has 0 aliphatic carbocycles. The number of carbonyl (C=O) groups excluding carboxylic acids is 1. The van der Waals surface area contributed by atoms with Crippen LogP contribution in [0.5, 0.6) is 0 Å². The van der Waals surface area contributed by atoms with Crippen LogP contribution < -0.4 is 0 Å². The van der Waals surface area contributed by atoms with E-state index in [1.54, 1.807) is 11.3 Å². The molecular weight excluding hydrogens is 374 g/mol. The lowest BCUT2D eigenvalue weighted by Crippen LogP contribution is -2.36. The minimum absolute atomic E-state index is 0.0702. The van der Waals surface area contributed by atoms with Crippen LogP contribution in [0.15, 0.2) is 40.2 Å². The number of hydrogen-bond donors (Lipinski definition) is 0. The topological polar surface area (TPSA) is 29.5 Å². The summed E-state index contributed by atoms with van der Waals surface area (Å²) >= 11 is 5.13. The molecule has 3 rings (SSSR count). The van der Waals surface area contributed by atoms with Crippen molar-refractivity contribution in [3.8, 4) is 0 Å². The average Bonchev–Trinajstić information content (AvgIpc) is 3.19. The number of carbonyl (C=O) groups is 1. The molecule has 3 nitrogen and oxygen atoms in total. The molecule has 2 heterocycles. The fraction of sp³-hybridized carbons (Fsp3) is 0.389. The van der Waals surface area contributed by atoms with E-state index < -0.39 is 0 Å². The van der Waals surface area contributed by atoms with E-state index in [0.29, 0.717) is 13.1 Å². The molecule has 0 saturated carbocycles. The van der Waals surface area contributed by atoms with Crippen LogP contribution in [-0.2, 0) is 11.3 Å². The number of rotatable bonds is 5. The first-order valence-corrected chi connectivity index (χ1v) is 9.50. The van der Waals surface area contributed by atoms with Crippen molar-refractivity contribution < 1.29 is 9.53 Å². The fourth-order valence-corrected chi connectivity index (χ4v) is 3.95. The molecule has 0 spiro atoms. The smallest absolute Gasteiger partial charge is 0.254 e. The summed E-state index contributed by atoms with van der Waals surface area (Å²) in [5, 5.41) is 2.08. The van der Waals surface area contributed by atoms with Crippen LogP contribution in [0, 0.1) is 6.92 Å². The van der Waals surface area contributed by atoms with Gasteiger partial charge in [-0.05, 0) is 61.0 Å². The molecular formula is C18H20BrNO2S. The molecule has 122 valence electrons. The molecule has 1 fully saturated rings. The Kier molecular flexibility index (Phi) is 5.51. The molecule has 0 unspecified atom stereocenters. The molecule has 0 bridgehead atoms. The molecule has 5 heteroatoms. The predicted molar refractivity (Wildman–Crippen MR) is 96.9 cm³/mol. The third-order valence-corrected chi connectivity index (χ3v) is 5.67. The Morgan fingerprint density at radius 2 is 2.13 bits per heavy atom. The first kappa shape index (κ1) is 16.7. The second-order valence-corrected chi connectivity index (χ2v) is 7.77. The zero-order valence-electron chi connectivity index (χ0n) is 13.1. The summed E-state index contributed by atoms with van der Waals surface area (Å²) in [4.78, 5) is 16.1. The van der Waals surface area contributed by atoms with Gasteiger partial charge in [-0.3, -0.25) is 4.79 Å². The second kappa shape index (κ2) is 7.60. The van der Waals surface area contributed by atoms with Crippen LogP contribution in [0.1, 0.15) is 33.6 Å². The van der Waals surface area contributed by atoms with Gasteiger partial charge in [-0.25, -0.2) is 0 Å². The van der Waals surface area contributed by atoms with Gasteiger partial charge in [0.2, 0.25) is 0 Å². The summed E-state index contributed by atoms with van der Waals surface area (Å²) in [5.41, 5.74) is 1.97. The minimum Gasteiger partial charge on any atom is -0.376 e. The maximum Gasteiger partial charge on any atom is 0.254 e. The van der Waals surface area contributed by atoms with E-state index in [9.17, 15) is 4.79 Å². The van der Waals surface area contributed by atoms with Gasteiger partial charge in [-0.15, -0.1) is 11.3 Å². The number of amides is 1. The van der Waals surface area contributed by atoms with Gasteiger partial charge in [-0.2, -0.15) is 0 Å². The Hall–Kier alpha value is -1.17. The van der Waals surface area contributed by atoms with Crippen molar-refractivity contribution in [2.75, 3.05) is 13.2 Å². The van der Waals surface area contributed by atoms with E-state index in [1.165, 1.54) is 10.4 Å². The van der Waals surface area contributed by atoms with E-state index in [-0.39, 0.29) is 12.0 Å². The lowest BCUT2D eigenvalue weighted by molar-refractivity contribution is 0.0509. The number of benzene rings is 1. The van der Waals surface area contributed by atoms with E-state index >= 15 is 0 Å². The number of hydrogen-bond acceptors (Lipinski definition) is 3. The molecule has 1 atom stereocenters. The van der Waals surface area contributed by atoms with E-state index in [2.05, 4.69) is 34.3 Å². The normalized spacial score (nSPS) is 17.4. The molecule has 1 aliphatic rings. The lowest BCUT2D eigenvalue weighted by atomic mass is 10.1. The number of nitrogens with zero attached hydrogens (tertiary/aromatic N) is 1. The molecule has 0 N–H and O–H groups in total. The molecule has 1 aromatic carbocycles. The van der Waals surface area contributed by atoms with Gasteiger partial charge in [0, 0.05) is 28.1 Å². The summed E-state index contributed by atoms with van der Waals surface area (Å²) in [6.07, 6.45) is 2.28. The van der Waals surface area contributed by atoms with Crippen LogP contribution in [-0.4, -0.2) is 30.1 Å². The Bertz CT molecular complexity index is 662. The zero-order chi connectivity index (χ0) is 16.2. The van der Waals surface area contributed by atoms with Gasteiger partial charge in [-0.1, -0.05) is 15.9 Å². The van der Waals surface area contributed by atoms with Crippen molar-refractivity contribution in [2.24, 2.45) is 0 Å². The third kappa shape index (κ3) is 4.22. The van der Waals surface area contributed by atoms with Gasteiger partial charge in [0.25, 0.3) is 5.91 Å². The first-order chi connectivity index (χ1) is 11.1. The third-order valence-electron chi connectivity index (χ3n) is 4.13. The molecule has 1 aromatic heterocycles. The number of aryl methyl sites for hydroxylation is 1. The average molecular weight is 394 g/mol. The second-order valence-electron chi connectivity index (χ2n) is 5.85. The highest BCUT2D eigenvalue weighted by Crippen LogP contribution is 2.22. The van der Waals surface area contributed by atoms with E-state index in [4.69, 9.17) is 4.74 Å². The van der Waals surface area contributed by atoms with Gasteiger partial charge in [0.15, 0.2) is 0 Å². The molecule has 1 amide bonds. The van der Waals surface area contributed by atoms with E-state index in [1.807, 2.05) is 29.2 Å². The minimum atomic E-state index is 0.0702. The highest BCUT2D eigenvalue weighted by molar-refractivity contribution is 9.10. The largest absolute Gasteiger partial charge is 0.376 e. The van der Waals surface area contributed by atoms with Crippen LogP contribution >= 0.6 is 27.3 Å². The highest BCUT2D eigenvalue weighted by Gasteiger charge is 2.24. The van der Waals surface area contributed by atoms with Crippen molar-refractivity contribution in [2.45, 2.75) is 32.4 Å². The summed E-state index contributed by atoms with van der Waals surface area (Å²) in [5.74, 6) is 0.0702. The van der Waals surface area contributed by atoms with Crippen molar-refractivity contribution in [1.82, 2.24) is 4.90 Å². The quantitative estimate of drug-likeness (QED) is 0.740. The van der Waals surface area contributed by atoms with Crippen molar-refractivity contribution in [3.63, 3.8) is 0 Å². The maximum atomic E-state index is 12.9. The number of thiophene rings is 1. The monoisotopic (exact) mass is 393 g/mol. The number of halogens is 1. The maximum absolute atomic E-state index is 12.9. The lowest BCUT2D eigenvalue weighted by Gasteiger charge is -2.25. The van der Waals surface area contributed by atoms with Crippen molar-refractivity contribution in [1.29, 1.82) is 0 Å². The summed E-state index contributed by atoms with van der Waals surface area (Å²) in [7, 11) is 0. The molecule has 2 aromatic rings. The highest BCUT2D eigenvalue weighted by atomic mass is 79.9. The Morgan fingerprint density at radius 3 is 2.74 bits per heavy atom. The SMILES string of the molecule is Cc1ccsc1CN(C[C@H]1CCCO1)C(=O)c1ccc(Br)cc1. The van der Waals surface area contributed by atoms with Crippen LogP contribution in [0.3, 0.4) is 0 Å². The van der Waals surface area contributed by atoms with Gasteiger partial charge in [0.1, 0.15) is 0 Å². The summed E-state index contributed by atoms with van der Waals surface area (Å²) in [6.45, 7) is 4.22. The summed E-state index contributed by atoms with van der Waals surface area (Å²) < 4.78 is 6.72. The van der Waals surface area contributed by atoms with E-state index in [0.717, 1.165) is 29.5 Å².